The largest absolute Gasteiger partial charge is 0.472 e. The lowest BCUT2D eigenvalue weighted by Crippen LogP contribution is -2.32. The lowest BCUT2D eigenvalue weighted by atomic mass is 10.0. The second-order valence-electron chi connectivity index (χ2n) is 7.07. The van der Waals surface area contributed by atoms with Crippen molar-refractivity contribution in [3.05, 3.63) is 84.4 Å². The molecule has 0 spiro atoms. The van der Waals surface area contributed by atoms with Crippen LogP contribution in [0, 0.1) is 0 Å². The molecule has 0 N–H and O–H groups in total. The number of ether oxygens (including phenoxy) is 1. The highest BCUT2D eigenvalue weighted by Crippen LogP contribution is 2.40. The van der Waals surface area contributed by atoms with Crippen molar-refractivity contribution in [2.75, 3.05) is 11.6 Å². The highest BCUT2D eigenvalue weighted by molar-refractivity contribution is 6.10. The summed E-state index contributed by atoms with van der Waals surface area (Å²) in [4.78, 5) is 12.2. The van der Waals surface area contributed by atoms with Gasteiger partial charge < -0.3 is 9.64 Å². The van der Waals surface area contributed by atoms with Crippen molar-refractivity contribution in [1.82, 2.24) is 9.97 Å². The summed E-state index contributed by atoms with van der Waals surface area (Å²) in [7, 11) is 0. The van der Waals surface area contributed by atoms with E-state index >= 15 is 0 Å². The average molecular weight is 363 g/mol. The van der Waals surface area contributed by atoms with Gasteiger partial charge in [-0.25, -0.2) is 9.97 Å². The van der Waals surface area contributed by atoms with Gasteiger partial charge in [0, 0.05) is 22.0 Å². The number of fused-ring (bicyclic) bond motifs is 7. The molecule has 0 saturated heterocycles. The summed E-state index contributed by atoms with van der Waals surface area (Å²) in [5.74, 6) is 0.930. The molecule has 4 heteroatoms. The molecule has 5 aromatic rings. The van der Waals surface area contributed by atoms with E-state index in [4.69, 9.17) is 14.7 Å². The number of benzene rings is 4. The van der Waals surface area contributed by atoms with Gasteiger partial charge in [0.05, 0.1) is 28.6 Å². The van der Waals surface area contributed by atoms with Crippen LogP contribution in [-0.2, 0) is 6.54 Å². The van der Waals surface area contributed by atoms with Crippen molar-refractivity contribution < 1.29 is 4.74 Å². The minimum Gasteiger partial charge on any atom is -0.472 e. The average Bonchev–Trinajstić information content (AvgIpc) is 2.78. The highest BCUT2D eigenvalue weighted by atomic mass is 16.5. The third kappa shape index (κ3) is 2.24. The molecule has 1 aromatic heterocycles. The van der Waals surface area contributed by atoms with Crippen LogP contribution in [0.1, 0.15) is 5.56 Å². The van der Waals surface area contributed by atoms with E-state index in [0.717, 1.165) is 56.4 Å². The first-order valence-corrected chi connectivity index (χ1v) is 9.41. The molecular formula is C24H17N3O. The van der Waals surface area contributed by atoms with Gasteiger partial charge >= 0.3 is 0 Å². The van der Waals surface area contributed by atoms with E-state index in [1.165, 1.54) is 0 Å². The van der Waals surface area contributed by atoms with E-state index in [2.05, 4.69) is 47.4 Å². The van der Waals surface area contributed by atoms with Crippen molar-refractivity contribution in [1.29, 1.82) is 0 Å². The molecule has 1 aliphatic rings. The Balaban J connectivity index is 1.67. The molecule has 28 heavy (non-hydrogen) atoms. The van der Waals surface area contributed by atoms with Gasteiger partial charge in [-0.3, -0.25) is 0 Å². The molecule has 4 nitrogen and oxygen atoms in total. The Morgan fingerprint density at radius 2 is 1.32 bits per heavy atom. The molecule has 1 aliphatic heterocycles. The van der Waals surface area contributed by atoms with Crippen LogP contribution in [-0.4, -0.2) is 16.7 Å². The van der Waals surface area contributed by atoms with Gasteiger partial charge in [-0.2, -0.15) is 0 Å². The monoisotopic (exact) mass is 363 g/mol. The van der Waals surface area contributed by atoms with Crippen LogP contribution in [0.2, 0.25) is 0 Å². The number of para-hydroxylation sites is 3. The van der Waals surface area contributed by atoms with Crippen molar-refractivity contribution in [2.45, 2.75) is 6.54 Å². The van der Waals surface area contributed by atoms with Gasteiger partial charge in [0.15, 0.2) is 6.73 Å². The van der Waals surface area contributed by atoms with Crippen LogP contribution in [0.3, 0.4) is 0 Å². The second-order valence-corrected chi connectivity index (χ2v) is 7.07. The third-order valence-electron chi connectivity index (χ3n) is 5.39. The van der Waals surface area contributed by atoms with Crippen molar-refractivity contribution in [3.63, 3.8) is 0 Å². The zero-order valence-electron chi connectivity index (χ0n) is 15.2. The first kappa shape index (κ1) is 15.4. The van der Waals surface area contributed by atoms with E-state index < -0.39 is 0 Å². The summed E-state index contributed by atoms with van der Waals surface area (Å²) in [6.07, 6.45) is 0. The molecule has 0 amide bonds. The molecule has 4 aromatic carbocycles. The Kier molecular flexibility index (Phi) is 3.26. The molecule has 2 heterocycles. The number of hydrogen-bond acceptors (Lipinski definition) is 4. The summed E-state index contributed by atoms with van der Waals surface area (Å²) in [5, 5.41) is 2.19. The second kappa shape index (κ2) is 5.92. The molecule has 6 rings (SSSR count). The Hall–Kier alpha value is -3.66. The standard InChI is InChI=1S/C24H17N3O/c1-2-8-16(9-3-1)27-14-19-23-22(25-20-12-6-7-13-21(20)26-23)17-10-4-5-11-18(17)24(19)28-15-27/h1-13H,14-15H2. The molecule has 0 aliphatic carbocycles. The maximum atomic E-state index is 6.28. The smallest absolute Gasteiger partial charge is 0.161 e. The normalized spacial score (nSPS) is 13.6. The van der Waals surface area contributed by atoms with E-state index in [1.807, 2.05) is 36.4 Å². The van der Waals surface area contributed by atoms with E-state index in [-0.39, 0.29) is 0 Å². The predicted octanol–water partition coefficient (Wildman–Crippen LogP) is 5.29. The van der Waals surface area contributed by atoms with Crippen LogP contribution in [0.5, 0.6) is 5.75 Å². The van der Waals surface area contributed by atoms with Crippen LogP contribution >= 0.6 is 0 Å². The predicted molar refractivity (Wildman–Crippen MR) is 113 cm³/mol. The van der Waals surface area contributed by atoms with Gasteiger partial charge in [0.2, 0.25) is 0 Å². The molecular weight excluding hydrogens is 346 g/mol. The van der Waals surface area contributed by atoms with Crippen molar-refractivity contribution >= 4 is 38.5 Å². The fourth-order valence-electron chi connectivity index (χ4n) is 4.05. The van der Waals surface area contributed by atoms with Crippen LogP contribution in [0.25, 0.3) is 32.8 Å². The zero-order chi connectivity index (χ0) is 18.5. The van der Waals surface area contributed by atoms with Crippen LogP contribution in [0.15, 0.2) is 78.9 Å². The van der Waals surface area contributed by atoms with Crippen LogP contribution in [0.4, 0.5) is 5.69 Å². The Bertz CT molecular complexity index is 1350. The molecule has 0 bridgehead atoms. The molecule has 0 saturated carbocycles. The minimum absolute atomic E-state index is 0.521. The first-order chi connectivity index (χ1) is 13.9. The molecule has 134 valence electrons. The van der Waals surface area contributed by atoms with Crippen molar-refractivity contribution in [3.8, 4) is 5.75 Å². The highest BCUT2D eigenvalue weighted by Gasteiger charge is 2.25. The van der Waals surface area contributed by atoms with E-state index in [0.29, 0.717) is 6.73 Å². The lowest BCUT2D eigenvalue weighted by molar-refractivity contribution is 0.294. The Morgan fingerprint density at radius 1 is 0.679 bits per heavy atom. The SMILES string of the molecule is c1ccc(N2COc3c(c4nc5ccccc5nc4c4ccccc34)C2)cc1. The van der Waals surface area contributed by atoms with Gasteiger partial charge in [0.25, 0.3) is 0 Å². The molecule has 0 unspecified atom stereocenters. The van der Waals surface area contributed by atoms with Crippen molar-refractivity contribution in [2.24, 2.45) is 0 Å². The van der Waals surface area contributed by atoms with E-state index in [1.54, 1.807) is 0 Å². The zero-order valence-corrected chi connectivity index (χ0v) is 15.2. The summed E-state index contributed by atoms with van der Waals surface area (Å²) in [6.45, 7) is 1.27. The van der Waals surface area contributed by atoms with Gasteiger partial charge in [-0.15, -0.1) is 0 Å². The van der Waals surface area contributed by atoms with Crippen LogP contribution < -0.4 is 9.64 Å². The molecule has 0 radical (unpaired) electrons. The molecule has 0 atom stereocenters. The van der Waals surface area contributed by atoms with Gasteiger partial charge in [0.1, 0.15) is 5.75 Å². The minimum atomic E-state index is 0.521. The number of nitrogens with zero attached hydrogens (tertiary/aromatic N) is 3. The third-order valence-corrected chi connectivity index (χ3v) is 5.39. The first-order valence-electron chi connectivity index (χ1n) is 9.41. The van der Waals surface area contributed by atoms with E-state index in [9.17, 15) is 0 Å². The number of anilines is 1. The summed E-state index contributed by atoms with van der Waals surface area (Å²) >= 11 is 0. The van der Waals surface area contributed by atoms with Gasteiger partial charge in [-0.1, -0.05) is 54.6 Å². The maximum Gasteiger partial charge on any atom is 0.161 e. The number of rotatable bonds is 1. The summed E-state index contributed by atoms with van der Waals surface area (Å²) < 4.78 is 6.28. The maximum absolute atomic E-state index is 6.28. The summed E-state index contributed by atoms with van der Waals surface area (Å²) in [5.41, 5.74) is 5.92. The topological polar surface area (TPSA) is 38.2 Å². The number of aromatic nitrogens is 2. The summed E-state index contributed by atoms with van der Waals surface area (Å²) in [6, 6.07) is 26.7. The number of hydrogen-bond donors (Lipinski definition) is 0. The Labute approximate surface area is 162 Å². The molecule has 0 fully saturated rings. The lowest BCUT2D eigenvalue weighted by Gasteiger charge is -2.32. The Morgan fingerprint density at radius 3 is 2.11 bits per heavy atom. The fourth-order valence-corrected chi connectivity index (χ4v) is 4.05. The quantitative estimate of drug-likeness (QED) is 0.299. The van der Waals surface area contributed by atoms with Gasteiger partial charge in [-0.05, 0) is 24.3 Å². The fraction of sp³-hybridized carbons (Fsp3) is 0.0833.